The molecule has 0 heterocycles. The molecular weight excluding hydrogens is 240 g/mol. The molecule has 0 aliphatic heterocycles. The van der Waals surface area contributed by atoms with Crippen molar-refractivity contribution in [2.24, 2.45) is 0 Å². The summed E-state index contributed by atoms with van der Waals surface area (Å²) in [5.41, 5.74) is 1.76. The van der Waals surface area contributed by atoms with Gasteiger partial charge in [-0.15, -0.1) is 0 Å². The average molecular weight is 256 g/mol. The maximum atomic E-state index is 11.6. The van der Waals surface area contributed by atoms with E-state index in [2.05, 4.69) is 4.74 Å². The van der Waals surface area contributed by atoms with Gasteiger partial charge in [0.2, 0.25) is 0 Å². The summed E-state index contributed by atoms with van der Waals surface area (Å²) >= 11 is 0. The zero-order valence-corrected chi connectivity index (χ0v) is 10.7. The van der Waals surface area contributed by atoms with Gasteiger partial charge in [-0.25, -0.2) is 4.79 Å². The molecule has 1 atom stereocenters. The van der Waals surface area contributed by atoms with Crippen molar-refractivity contribution < 1.29 is 14.6 Å². The fourth-order valence-corrected chi connectivity index (χ4v) is 2.13. The minimum atomic E-state index is -1.21. The lowest BCUT2D eigenvalue weighted by molar-refractivity contribution is -0.151. The number of methoxy groups -OCH3 is 1. The molecule has 0 amide bonds. The van der Waals surface area contributed by atoms with E-state index in [4.69, 9.17) is 0 Å². The van der Waals surface area contributed by atoms with E-state index in [0.717, 1.165) is 11.1 Å². The van der Waals surface area contributed by atoms with E-state index in [-0.39, 0.29) is 0 Å². The highest BCUT2D eigenvalue weighted by atomic mass is 16.5. The van der Waals surface area contributed by atoms with E-state index in [0.29, 0.717) is 0 Å². The van der Waals surface area contributed by atoms with Crippen molar-refractivity contribution in [3.63, 3.8) is 0 Å². The number of benzene rings is 2. The molecule has 0 radical (unpaired) electrons. The van der Waals surface area contributed by atoms with E-state index in [1.54, 1.807) is 0 Å². The van der Waals surface area contributed by atoms with Crippen molar-refractivity contribution in [3.8, 4) is 0 Å². The summed E-state index contributed by atoms with van der Waals surface area (Å²) < 4.78 is 4.65. The van der Waals surface area contributed by atoms with Crippen molar-refractivity contribution in [1.29, 1.82) is 0 Å². The van der Waals surface area contributed by atoms with Crippen LogP contribution in [-0.2, 0) is 9.53 Å². The summed E-state index contributed by atoms with van der Waals surface area (Å²) in [6, 6.07) is 18.9. The minimum Gasteiger partial charge on any atom is -0.467 e. The normalized spacial score (nSPS) is 12.2. The Labute approximate surface area is 112 Å². The van der Waals surface area contributed by atoms with Gasteiger partial charge in [-0.05, 0) is 11.1 Å². The summed E-state index contributed by atoms with van der Waals surface area (Å²) in [6.07, 6.45) is -1.21. The number of carbonyl (C=O) groups is 1. The predicted octanol–water partition coefficient (Wildman–Crippen LogP) is 2.35. The molecule has 0 fully saturated rings. The van der Waals surface area contributed by atoms with Gasteiger partial charge < -0.3 is 9.84 Å². The molecule has 0 aliphatic rings. The van der Waals surface area contributed by atoms with E-state index < -0.39 is 18.0 Å². The van der Waals surface area contributed by atoms with Crippen molar-refractivity contribution in [2.45, 2.75) is 12.0 Å². The Morgan fingerprint density at radius 2 is 1.37 bits per heavy atom. The van der Waals surface area contributed by atoms with Gasteiger partial charge in [0.1, 0.15) is 0 Å². The molecule has 0 aliphatic carbocycles. The van der Waals surface area contributed by atoms with E-state index in [9.17, 15) is 9.90 Å². The summed E-state index contributed by atoms with van der Waals surface area (Å²) in [6.45, 7) is 0. The average Bonchev–Trinajstić information content (AvgIpc) is 2.49. The Kier molecular flexibility index (Phi) is 4.31. The molecule has 2 rings (SSSR count). The molecule has 0 saturated heterocycles. The molecule has 2 aromatic rings. The summed E-state index contributed by atoms with van der Waals surface area (Å²) in [4.78, 5) is 11.6. The molecule has 0 unspecified atom stereocenters. The molecule has 3 nitrogen and oxygen atoms in total. The summed E-state index contributed by atoms with van der Waals surface area (Å²) in [5.74, 6) is -1.05. The van der Waals surface area contributed by atoms with E-state index >= 15 is 0 Å². The lowest BCUT2D eigenvalue weighted by atomic mass is 9.86. The largest absolute Gasteiger partial charge is 0.467 e. The van der Waals surface area contributed by atoms with Crippen LogP contribution in [0.4, 0.5) is 0 Å². The standard InChI is InChI=1S/C16H16O3/c1-19-16(18)15(17)14(12-8-4-2-5-9-12)13-10-6-3-7-11-13/h2-11,14-15,17H,1H3/t15-/m1/s1. The number of aliphatic hydroxyl groups is 1. The summed E-state index contributed by atoms with van der Waals surface area (Å²) in [5, 5.41) is 10.2. The fourth-order valence-electron chi connectivity index (χ4n) is 2.13. The number of hydrogen-bond acceptors (Lipinski definition) is 3. The van der Waals surface area contributed by atoms with E-state index in [1.807, 2.05) is 60.7 Å². The second-order valence-electron chi connectivity index (χ2n) is 4.27. The van der Waals surface area contributed by atoms with Crippen LogP contribution in [-0.4, -0.2) is 24.3 Å². The van der Waals surface area contributed by atoms with Gasteiger partial charge >= 0.3 is 5.97 Å². The highest BCUT2D eigenvalue weighted by Gasteiger charge is 2.29. The molecule has 2 aromatic carbocycles. The minimum absolute atomic E-state index is 0.421. The van der Waals surface area contributed by atoms with Crippen LogP contribution in [0.25, 0.3) is 0 Å². The van der Waals surface area contributed by atoms with Crippen LogP contribution in [0.5, 0.6) is 0 Å². The number of hydrogen-bond donors (Lipinski definition) is 1. The van der Waals surface area contributed by atoms with Crippen LogP contribution in [0.2, 0.25) is 0 Å². The Hall–Kier alpha value is -2.13. The molecular formula is C16H16O3. The first kappa shape index (κ1) is 13.3. The zero-order chi connectivity index (χ0) is 13.7. The molecule has 19 heavy (non-hydrogen) atoms. The second kappa shape index (κ2) is 6.16. The number of aliphatic hydroxyl groups excluding tert-OH is 1. The molecule has 0 saturated carbocycles. The lowest BCUT2D eigenvalue weighted by Gasteiger charge is -2.22. The molecule has 0 spiro atoms. The lowest BCUT2D eigenvalue weighted by Crippen LogP contribution is -2.29. The predicted molar refractivity (Wildman–Crippen MR) is 72.7 cm³/mol. The SMILES string of the molecule is COC(=O)[C@H](O)C(c1ccccc1)c1ccccc1. The third-order valence-corrected chi connectivity index (χ3v) is 3.08. The second-order valence-corrected chi connectivity index (χ2v) is 4.27. The smallest absolute Gasteiger partial charge is 0.335 e. The van der Waals surface area contributed by atoms with Crippen LogP contribution in [0.3, 0.4) is 0 Å². The van der Waals surface area contributed by atoms with E-state index in [1.165, 1.54) is 7.11 Å². The Balaban J connectivity index is 2.43. The Morgan fingerprint density at radius 1 is 0.947 bits per heavy atom. The maximum absolute atomic E-state index is 11.6. The highest BCUT2D eigenvalue weighted by molar-refractivity contribution is 5.76. The van der Waals surface area contributed by atoms with Crippen molar-refractivity contribution >= 4 is 5.97 Å². The van der Waals surface area contributed by atoms with Gasteiger partial charge in [0.05, 0.1) is 7.11 Å². The van der Waals surface area contributed by atoms with Crippen molar-refractivity contribution in [2.75, 3.05) is 7.11 Å². The third-order valence-electron chi connectivity index (χ3n) is 3.08. The molecule has 0 bridgehead atoms. The molecule has 98 valence electrons. The quantitative estimate of drug-likeness (QED) is 0.854. The number of carbonyl (C=O) groups excluding carboxylic acids is 1. The molecule has 1 N–H and O–H groups in total. The summed E-state index contributed by atoms with van der Waals surface area (Å²) in [7, 11) is 1.28. The third kappa shape index (κ3) is 3.01. The van der Waals surface area contributed by atoms with Crippen LogP contribution in [0.1, 0.15) is 17.0 Å². The van der Waals surface area contributed by atoms with Gasteiger partial charge in [-0.3, -0.25) is 0 Å². The first-order valence-electron chi connectivity index (χ1n) is 6.10. The monoisotopic (exact) mass is 256 g/mol. The Morgan fingerprint density at radius 3 is 1.74 bits per heavy atom. The van der Waals surface area contributed by atoms with Crippen LogP contribution in [0.15, 0.2) is 60.7 Å². The number of rotatable bonds is 4. The van der Waals surface area contributed by atoms with Crippen LogP contribution in [0, 0.1) is 0 Å². The first-order chi connectivity index (χ1) is 9.24. The number of ether oxygens (including phenoxy) is 1. The van der Waals surface area contributed by atoms with Crippen LogP contribution < -0.4 is 0 Å². The molecule has 3 heteroatoms. The fraction of sp³-hybridized carbons (Fsp3) is 0.188. The number of esters is 1. The molecule has 0 aromatic heterocycles. The zero-order valence-electron chi connectivity index (χ0n) is 10.7. The maximum Gasteiger partial charge on any atom is 0.335 e. The highest BCUT2D eigenvalue weighted by Crippen LogP contribution is 2.28. The van der Waals surface area contributed by atoms with Gasteiger partial charge in [0.15, 0.2) is 6.10 Å². The topological polar surface area (TPSA) is 46.5 Å². The van der Waals surface area contributed by atoms with Gasteiger partial charge in [-0.1, -0.05) is 60.7 Å². The Bertz CT molecular complexity index is 483. The van der Waals surface area contributed by atoms with Gasteiger partial charge in [0, 0.05) is 5.92 Å². The van der Waals surface area contributed by atoms with Gasteiger partial charge in [-0.2, -0.15) is 0 Å². The van der Waals surface area contributed by atoms with Crippen molar-refractivity contribution in [1.82, 2.24) is 0 Å². The van der Waals surface area contributed by atoms with Gasteiger partial charge in [0.25, 0.3) is 0 Å². The van der Waals surface area contributed by atoms with Crippen LogP contribution >= 0.6 is 0 Å². The van der Waals surface area contributed by atoms with Crippen molar-refractivity contribution in [3.05, 3.63) is 71.8 Å². The first-order valence-corrected chi connectivity index (χ1v) is 6.10.